The molecule has 13 heavy (non-hydrogen) atoms. The van der Waals surface area contributed by atoms with E-state index in [2.05, 4.69) is 0 Å². The summed E-state index contributed by atoms with van der Waals surface area (Å²) in [6.07, 6.45) is 0. The van der Waals surface area contributed by atoms with E-state index in [0.29, 0.717) is 0 Å². The first-order valence-electron chi connectivity index (χ1n) is 2.47. The third-order valence-corrected chi connectivity index (χ3v) is 12.0. The zero-order chi connectivity index (χ0) is 11.0. The molecule has 0 aromatic rings. The minimum atomic E-state index is -5.91. The first kappa shape index (κ1) is 13.4. The van der Waals surface area contributed by atoms with Crippen molar-refractivity contribution >= 4 is 61.9 Å². The molecule has 0 aliphatic carbocycles. The molecule has 0 radical (unpaired) electrons. The Morgan fingerprint density at radius 3 is 1.08 bits per heavy atom. The van der Waals surface area contributed by atoms with Crippen LogP contribution < -0.4 is 0 Å². The molecule has 0 bridgehead atoms. The molecule has 0 atom stereocenters. The van der Waals surface area contributed by atoms with E-state index >= 15 is 0 Å². The summed E-state index contributed by atoms with van der Waals surface area (Å²) < 4.78 is -8.57. The second-order valence-corrected chi connectivity index (χ2v) is 14.9. The molecule has 3 nitrogen and oxygen atoms in total. The van der Waals surface area contributed by atoms with Crippen molar-refractivity contribution in [3.63, 3.8) is 0 Å². The van der Waals surface area contributed by atoms with Crippen LogP contribution in [-0.2, 0) is 0 Å². The van der Waals surface area contributed by atoms with Crippen molar-refractivity contribution in [1.29, 1.82) is 15.8 Å². The maximum absolute atomic E-state index is 8.68. The first-order chi connectivity index (χ1) is 5.51. The molecular weight excluding hydrogens is 298 g/mol. The zero-order valence-electron chi connectivity index (χ0n) is 5.68. The van der Waals surface area contributed by atoms with E-state index in [9.17, 15) is 0 Å². The number of halogens is 5. The number of hydrogen-bond acceptors (Lipinski definition) is 3. The molecule has 0 aliphatic rings. The van der Waals surface area contributed by atoms with E-state index in [-0.39, 0.29) is 0 Å². The van der Waals surface area contributed by atoms with Gasteiger partial charge in [-0.15, -0.1) is 0 Å². The Morgan fingerprint density at radius 2 is 1.08 bits per heavy atom. The Balaban J connectivity index is 6.34. The van der Waals surface area contributed by atoms with E-state index in [0.717, 1.165) is 17.4 Å². The van der Waals surface area contributed by atoms with Crippen LogP contribution >= 0.6 is 61.9 Å². The second kappa shape index (κ2) is 2.68. The topological polar surface area (TPSA) is 71.4 Å². The number of nitrogens with zero attached hydrogens (tertiary/aromatic N) is 3. The Morgan fingerprint density at radius 1 is 0.846 bits per heavy atom. The predicted octanol–water partition coefficient (Wildman–Crippen LogP) is 4.15. The molecule has 0 saturated heterocycles. The van der Waals surface area contributed by atoms with Crippen molar-refractivity contribution in [3.8, 4) is 17.4 Å². The molecule has 0 aromatic carbocycles. The van der Waals surface area contributed by atoms with Crippen LogP contribution in [-0.4, -0.2) is 3.53 Å². The van der Waals surface area contributed by atoms with Crippen molar-refractivity contribution in [2.75, 3.05) is 0 Å². The van der Waals surface area contributed by atoms with Gasteiger partial charge in [0.05, 0.1) is 0 Å². The van der Waals surface area contributed by atoms with Crippen molar-refractivity contribution < 1.29 is 0 Å². The van der Waals surface area contributed by atoms with Gasteiger partial charge in [0.1, 0.15) is 0 Å². The summed E-state index contributed by atoms with van der Waals surface area (Å²) >= 11 is 26.9. The molecule has 0 spiro atoms. The van der Waals surface area contributed by atoms with Gasteiger partial charge in [0, 0.05) is 0 Å². The Kier molecular flexibility index (Phi) is 2.76. The van der Waals surface area contributed by atoms with Crippen LogP contribution in [0, 0.1) is 33.2 Å². The van der Waals surface area contributed by atoms with Crippen LogP contribution in [0.2, 0.25) is 0 Å². The minimum absolute atomic E-state index is 1.16. The van der Waals surface area contributed by atoms with Gasteiger partial charge in [-0.1, -0.05) is 0 Å². The van der Waals surface area contributed by atoms with Crippen LogP contribution in [0.5, 0.6) is 0 Å². The molecule has 0 fully saturated rings. The van der Waals surface area contributed by atoms with E-state index in [1.54, 1.807) is 0 Å². The predicted molar refractivity (Wildman–Crippen MR) is 55.8 cm³/mol. The monoisotopic (exact) mass is 296 g/mol. The van der Waals surface area contributed by atoms with E-state index < -0.39 is 8.18 Å². The normalized spacial score (nSPS) is 17.1. The van der Waals surface area contributed by atoms with Gasteiger partial charge in [-0.2, -0.15) is 0 Å². The summed E-state index contributed by atoms with van der Waals surface area (Å²) in [6.45, 7) is 0. The molecule has 0 rings (SSSR count). The van der Waals surface area contributed by atoms with Crippen LogP contribution in [0.15, 0.2) is 0 Å². The Hall–Kier alpha value is 0.350. The first-order valence-corrected chi connectivity index (χ1v) is 8.10. The van der Waals surface area contributed by atoms with Crippen molar-refractivity contribution in [2.24, 2.45) is 0 Å². The van der Waals surface area contributed by atoms with Crippen LogP contribution in [0.1, 0.15) is 0 Å². The zero-order valence-corrected chi connectivity index (χ0v) is 10.4. The summed E-state index contributed by atoms with van der Waals surface area (Å²) in [7, 11) is 0. The van der Waals surface area contributed by atoms with E-state index in [4.69, 9.17) is 73.1 Å². The van der Waals surface area contributed by atoms with E-state index in [1.807, 2.05) is 0 Å². The maximum atomic E-state index is 8.68. The van der Waals surface area contributed by atoms with Gasteiger partial charge in [-0.05, 0) is 0 Å². The molecule has 0 unspecified atom stereocenters. The van der Waals surface area contributed by atoms with Gasteiger partial charge in [-0.25, -0.2) is 0 Å². The standard InChI is InChI=1S/C4Cl5N3P/c5-4(6,7)13(8,9,1-10,2-11)3-12/q-1. The van der Waals surface area contributed by atoms with Crippen molar-refractivity contribution in [2.45, 2.75) is 3.53 Å². The van der Waals surface area contributed by atoms with E-state index in [1.165, 1.54) is 0 Å². The molecule has 72 valence electrons. The third kappa shape index (κ3) is 1.44. The number of nitriles is 3. The Labute approximate surface area is 98.4 Å². The third-order valence-electron chi connectivity index (χ3n) is 1.25. The quantitative estimate of drug-likeness (QED) is 0.498. The number of alkyl halides is 3. The molecule has 0 N–H and O–H groups in total. The molecule has 0 heterocycles. The summed E-state index contributed by atoms with van der Waals surface area (Å²) in [5.41, 5.74) is 0. The van der Waals surface area contributed by atoms with Crippen molar-refractivity contribution in [3.05, 3.63) is 0 Å². The van der Waals surface area contributed by atoms with Crippen molar-refractivity contribution in [1.82, 2.24) is 0 Å². The summed E-state index contributed by atoms with van der Waals surface area (Å²) in [5, 5.41) is 26.0. The fraction of sp³-hybridized carbons (Fsp3) is 0.250. The number of rotatable bonds is 0. The summed E-state index contributed by atoms with van der Waals surface area (Å²) in [5.74, 6) is 3.47. The average Bonchev–Trinajstić information content (AvgIpc) is 2.04. The van der Waals surface area contributed by atoms with Gasteiger partial charge < -0.3 is 0 Å². The van der Waals surface area contributed by atoms with Crippen LogP contribution in [0.4, 0.5) is 0 Å². The second-order valence-electron chi connectivity index (χ2n) is 2.18. The van der Waals surface area contributed by atoms with Gasteiger partial charge in [0.15, 0.2) is 0 Å². The van der Waals surface area contributed by atoms with Crippen LogP contribution in [0.25, 0.3) is 0 Å². The summed E-state index contributed by atoms with van der Waals surface area (Å²) in [6, 6.07) is 0. The molecule has 0 saturated carbocycles. The fourth-order valence-electron chi connectivity index (χ4n) is 0.237. The SMILES string of the molecule is N#C[P-](Cl)(Cl)(C#N)(C#N)C(Cl)(Cl)Cl. The molecule has 0 aromatic heterocycles. The molecule has 0 aliphatic heterocycles. The van der Waals surface area contributed by atoms with Crippen LogP contribution in [0.3, 0.4) is 0 Å². The fourth-order valence-corrected chi connectivity index (χ4v) is 1.73. The van der Waals surface area contributed by atoms with Gasteiger partial charge >= 0.3 is 98.7 Å². The molecular formula is C4Cl5N3P-. The number of hydrogen-bond donors (Lipinski definition) is 0. The molecule has 9 heteroatoms. The van der Waals surface area contributed by atoms with Gasteiger partial charge in [-0.3, -0.25) is 0 Å². The summed E-state index contributed by atoms with van der Waals surface area (Å²) in [4.78, 5) is 0. The van der Waals surface area contributed by atoms with Gasteiger partial charge in [0.25, 0.3) is 0 Å². The van der Waals surface area contributed by atoms with Gasteiger partial charge in [0.2, 0.25) is 0 Å². The Bertz CT molecular complexity index is 342. The molecule has 0 amide bonds. The average molecular weight is 298 g/mol.